The van der Waals surface area contributed by atoms with E-state index in [2.05, 4.69) is 4.98 Å². The monoisotopic (exact) mass is 196 g/mol. The molecule has 0 amide bonds. The molecule has 0 aromatic carbocycles. The summed E-state index contributed by atoms with van der Waals surface area (Å²) >= 11 is 0. The van der Waals surface area contributed by atoms with Gasteiger partial charge in [0.05, 0.1) is 6.10 Å². The first-order valence-electron chi connectivity index (χ1n) is 4.97. The van der Waals surface area contributed by atoms with E-state index in [4.69, 9.17) is 4.74 Å². The highest BCUT2D eigenvalue weighted by Crippen LogP contribution is 2.31. The molecule has 2 heterocycles. The lowest BCUT2D eigenvalue weighted by Gasteiger charge is -2.20. The van der Waals surface area contributed by atoms with E-state index in [9.17, 15) is 5.11 Å². The van der Waals surface area contributed by atoms with Crippen molar-refractivity contribution in [1.82, 2.24) is 9.55 Å². The molecule has 1 aromatic rings. The van der Waals surface area contributed by atoms with Gasteiger partial charge >= 0.3 is 0 Å². The molecule has 1 aliphatic heterocycles. The fourth-order valence-electron chi connectivity index (χ4n) is 2.02. The Morgan fingerprint density at radius 1 is 1.71 bits per heavy atom. The van der Waals surface area contributed by atoms with Crippen molar-refractivity contribution in [2.45, 2.75) is 25.6 Å². The quantitative estimate of drug-likeness (QED) is 0.763. The van der Waals surface area contributed by atoms with Gasteiger partial charge in [0, 0.05) is 32.0 Å². The van der Waals surface area contributed by atoms with Gasteiger partial charge in [0.15, 0.2) is 0 Å². The van der Waals surface area contributed by atoms with Crippen LogP contribution >= 0.6 is 0 Å². The molecule has 1 fully saturated rings. The van der Waals surface area contributed by atoms with E-state index in [0.29, 0.717) is 0 Å². The average molecular weight is 196 g/mol. The molecule has 1 aromatic heterocycles. The van der Waals surface area contributed by atoms with Crippen molar-refractivity contribution in [3.8, 4) is 0 Å². The van der Waals surface area contributed by atoms with Crippen molar-refractivity contribution in [2.24, 2.45) is 13.0 Å². The Labute approximate surface area is 83.5 Å². The topological polar surface area (TPSA) is 47.3 Å². The van der Waals surface area contributed by atoms with E-state index in [1.54, 1.807) is 6.20 Å². The summed E-state index contributed by atoms with van der Waals surface area (Å²) in [6.45, 7) is 2.75. The molecule has 0 aliphatic carbocycles. The minimum Gasteiger partial charge on any atom is -0.385 e. The summed E-state index contributed by atoms with van der Waals surface area (Å²) in [4.78, 5) is 4.15. The Bertz CT molecular complexity index is 311. The number of rotatable bonds is 2. The van der Waals surface area contributed by atoms with Gasteiger partial charge in [-0.3, -0.25) is 0 Å². The summed E-state index contributed by atoms with van der Waals surface area (Å²) in [6, 6.07) is 0. The second-order valence-corrected chi connectivity index (χ2v) is 3.87. The van der Waals surface area contributed by atoms with Gasteiger partial charge in [-0.15, -0.1) is 0 Å². The predicted molar refractivity (Wildman–Crippen MR) is 51.7 cm³/mol. The molecule has 1 N–H and O–H groups in total. The van der Waals surface area contributed by atoms with Gasteiger partial charge in [-0.1, -0.05) is 0 Å². The van der Waals surface area contributed by atoms with Gasteiger partial charge in [-0.2, -0.15) is 0 Å². The molecule has 0 radical (unpaired) electrons. The fraction of sp³-hybridized carbons (Fsp3) is 0.700. The molecular weight excluding hydrogens is 180 g/mol. The van der Waals surface area contributed by atoms with Crippen molar-refractivity contribution < 1.29 is 9.84 Å². The highest BCUT2D eigenvalue weighted by atomic mass is 16.5. The zero-order valence-electron chi connectivity index (χ0n) is 8.55. The predicted octanol–water partition coefficient (Wildman–Crippen LogP) is 0.879. The summed E-state index contributed by atoms with van der Waals surface area (Å²) in [7, 11) is 1.89. The summed E-state index contributed by atoms with van der Waals surface area (Å²) in [5.41, 5.74) is 0. The van der Waals surface area contributed by atoms with Crippen molar-refractivity contribution in [3.05, 3.63) is 18.2 Å². The van der Waals surface area contributed by atoms with Crippen LogP contribution in [0.15, 0.2) is 12.4 Å². The van der Waals surface area contributed by atoms with Crippen LogP contribution < -0.4 is 0 Å². The van der Waals surface area contributed by atoms with E-state index >= 15 is 0 Å². The van der Waals surface area contributed by atoms with Crippen LogP contribution in [0.25, 0.3) is 0 Å². The number of imidazole rings is 1. The molecule has 0 spiro atoms. The highest BCUT2D eigenvalue weighted by molar-refractivity contribution is 4.99. The highest BCUT2D eigenvalue weighted by Gasteiger charge is 2.33. The smallest absolute Gasteiger partial charge is 0.137 e. The molecule has 78 valence electrons. The van der Waals surface area contributed by atoms with Crippen LogP contribution in [0.1, 0.15) is 25.3 Å². The minimum absolute atomic E-state index is 0.127. The number of hydrogen-bond donors (Lipinski definition) is 1. The zero-order valence-corrected chi connectivity index (χ0v) is 8.55. The minimum atomic E-state index is -0.507. The van der Waals surface area contributed by atoms with E-state index in [1.165, 1.54) is 0 Å². The number of aromatic nitrogens is 2. The Hall–Kier alpha value is -0.870. The first-order valence-corrected chi connectivity index (χ1v) is 4.97. The summed E-state index contributed by atoms with van der Waals surface area (Å²) in [5, 5.41) is 10.1. The van der Waals surface area contributed by atoms with Crippen molar-refractivity contribution in [1.29, 1.82) is 0 Å². The first kappa shape index (κ1) is 9.68. The molecular formula is C10H16N2O2. The van der Waals surface area contributed by atoms with Crippen LogP contribution in [0.2, 0.25) is 0 Å². The first-order chi connectivity index (χ1) is 6.70. The summed E-state index contributed by atoms with van der Waals surface area (Å²) in [6.07, 6.45) is 4.09. The molecule has 4 heteroatoms. The van der Waals surface area contributed by atoms with Gasteiger partial charge in [0.2, 0.25) is 0 Å². The second kappa shape index (κ2) is 3.71. The maximum atomic E-state index is 10.1. The molecule has 1 saturated heterocycles. The van der Waals surface area contributed by atoms with Crippen LogP contribution in [0.3, 0.4) is 0 Å². The van der Waals surface area contributed by atoms with Crippen LogP contribution in [-0.4, -0.2) is 27.4 Å². The number of aliphatic hydroxyl groups is 1. The lowest BCUT2D eigenvalue weighted by atomic mass is 9.95. The van der Waals surface area contributed by atoms with Crippen molar-refractivity contribution in [3.63, 3.8) is 0 Å². The summed E-state index contributed by atoms with van der Waals surface area (Å²) < 4.78 is 7.28. The molecule has 2 rings (SSSR count). The Balaban J connectivity index is 2.15. The maximum absolute atomic E-state index is 10.1. The number of aryl methyl sites for hydroxylation is 1. The maximum Gasteiger partial charge on any atom is 0.137 e. The lowest BCUT2D eigenvalue weighted by molar-refractivity contribution is 0.0375. The molecule has 14 heavy (non-hydrogen) atoms. The molecule has 1 aliphatic rings. The second-order valence-electron chi connectivity index (χ2n) is 3.87. The van der Waals surface area contributed by atoms with Crippen LogP contribution in [0, 0.1) is 5.92 Å². The molecule has 0 saturated carbocycles. The van der Waals surface area contributed by atoms with E-state index in [-0.39, 0.29) is 12.0 Å². The fourth-order valence-corrected chi connectivity index (χ4v) is 2.02. The van der Waals surface area contributed by atoms with Crippen LogP contribution in [0.5, 0.6) is 0 Å². The van der Waals surface area contributed by atoms with Crippen molar-refractivity contribution >= 4 is 0 Å². The van der Waals surface area contributed by atoms with Crippen LogP contribution in [-0.2, 0) is 11.8 Å². The normalized spacial score (nSPS) is 29.4. The third-order valence-electron chi connectivity index (χ3n) is 2.96. The van der Waals surface area contributed by atoms with Gasteiger partial charge in [-0.25, -0.2) is 4.98 Å². The van der Waals surface area contributed by atoms with Gasteiger partial charge in [0.25, 0.3) is 0 Å². The largest absolute Gasteiger partial charge is 0.385 e. The Kier molecular flexibility index (Phi) is 2.56. The Morgan fingerprint density at radius 2 is 2.50 bits per heavy atom. The lowest BCUT2D eigenvalue weighted by Crippen LogP contribution is -2.22. The number of hydrogen-bond acceptors (Lipinski definition) is 3. The number of nitrogens with zero attached hydrogens (tertiary/aromatic N) is 2. The van der Waals surface area contributed by atoms with E-state index in [0.717, 1.165) is 18.9 Å². The third-order valence-corrected chi connectivity index (χ3v) is 2.96. The van der Waals surface area contributed by atoms with Gasteiger partial charge in [0.1, 0.15) is 11.9 Å². The van der Waals surface area contributed by atoms with E-state index in [1.807, 2.05) is 24.7 Å². The van der Waals surface area contributed by atoms with E-state index < -0.39 is 6.10 Å². The zero-order chi connectivity index (χ0) is 10.1. The van der Waals surface area contributed by atoms with Gasteiger partial charge < -0.3 is 14.4 Å². The van der Waals surface area contributed by atoms with Crippen molar-refractivity contribution in [2.75, 3.05) is 6.61 Å². The number of aliphatic hydroxyl groups excluding tert-OH is 1. The Morgan fingerprint density at radius 3 is 3.00 bits per heavy atom. The SMILES string of the molecule is CC1OCCC1C(O)c1nccn1C. The molecule has 3 unspecified atom stereocenters. The molecule has 3 atom stereocenters. The molecule has 4 nitrogen and oxygen atoms in total. The number of ether oxygens (including phenoxy) is 1. The standard InChI is InChI=1S/C10H16N2O2/c1-7-8(3-6-14-7)9(13)10-11-4-5-12(10)2/h4-5,7-9,13H,3,6H2,1-2H3. The summed E-state index contributed by atoms with van der Waals surface area (Å²) in [5.74, 6) is 0.906. The van der Waals surface area contributed by atoms with Crippen LogP contribution in [0.4, 0.5) is 0 Å². The molecule has 0 bridgehead atoms. The third kappa shape index (κ3) is 1.55. The van der Waals surface area contributed by atoms with Gasteiger partial charge in [-0.05, 0) is 13.3 Å². The average Bonchev–Trinajstić information content (AvgIpc) is 2.73.